The second-order valence-electron chi connectivity index (χ2n) is 16.2. The van der Waals surface area contributed by atoms with Crippen LogP contribution in [0.25, 0.3) is 66.8 Å². The Labute approximate surface area is 395 Å². The summed E-state index contributed by atoms with van der Waals surface area (Å²) in [5.74, 6) is 0.935. The monoisotopic (exact) mass is 923 g/mol. The van der Waals surface area contributed by atoms with Crippen LogP contribution in [0.15, 0.2) is 137 Å². The standard InChI is InChI=1S/C54H45N5O10/c1-29-11-22-39(40-10-7-23-55-50(29)40)41-26-43(52-49(54(69-59-52)57-31(3)61)34-16-20-37(66-5)21-17-34)47(28-46(41)64)67-38-9-6-8-32(24-38)12-13-35-25-42(45(63)27-44(35)62)51-48(53(68-58-51)56-30(2)60)33-14-18-36(65-4)19-15-33/h6-11,14-28,62-64H,12-13H2,1-5H3,(H,56,60)(H,57,61). The molecule has 0 saturated carbocycles. The molecule has 0 atom stereocenters. The molecule has 3 heterocycles. The number of carbonyl (C=O) groups excluding carboxylic acids is 2. The number of fused-ring (bicyclic) bond motifs is 1. The van der Waals surface area contributed by atoms with Gasteiger partial charge in [-0.1, -0.05) is 64.9 Å². The Morgan fingerprint density at radius 2 is 1.20 bits per heavy atom. The van der Waals surface area contributed by atoms with Crippen LogP contribution in [0.1, 0.15) is 30.5 Å². The van der Waals surface area contributed by atoms with Gasteiger partial charge in [-0.3, -0.25) is 25.2 Å². The van der Waals surface area contributed by atoms with Gasteiger partial charge in [-0.15, -0.1) is 0 Å². The van der Waals surface area contributed by atoms with Crippen LogP contribution in [0.2, 0.25) is 0 Å². The average molecular weight is 924 g/mol. The highest BCUT2D eigenvalue weighted by Gasteiger charge is 2.27. The van der Waals surface area contributed by atoms with Gasteiger partial charge in [0.1, 0.15) is 51.6 Å². The van der Waals surface area contributed by atoms with Crippen molar-refractivity contribution in [3.05, 3.63) is 144 Å². The summed E-state index contributed by atoms with van der Waals surface area (Å²) in [7, 11) is 3.13. The maximum Gasteiger partial charge on any atom is 0.239 e. The van der Waals surface area contributed by atoms with E-state index in [4.69, 9.17) is 23.3 Å². The van der Waals surface area contributed by atoms with E-state index < -0.39 is 0 Å². The number of anilines is 2. The molecular weight excluding hydrogens is 879 g/mol. The molecule has 0 radical (unpaired) electrons. The number of aromatic nitrogens is 3. The van der Waals surface area contributed by atoms with E-state index in [-0.39, 0.29) is 57.8 Å². The highest BCUT2D eigenvalue weighted by Crippen LogP contribution is 2.48. The quantitative estimate of drug-likeness (QED) is 0.0688. The largest absolute Gasteiger partial charge is 0.508 e. The molecule has 346 valence electrons. The van der Waals surface area contributed by atoms with Gasteiger partial charge < -0.3 is 38.6 Å². The van der Waals surface area contributed by atoms with Crippen LogP contribution in [0, 0.1) is 6.92 Å². The summed E-state index contributed by atoms with van der Waals surface area (Å²) >= 11 is 0. The van der Waals surface area contributed by atoms with Gasteiger partial charge in [0.25, 0.3) is 0 Å². The van der Waals surface area contributed by atoms with Gasteiger partial charge in [0.2, 0.25) is 23.6 Å². The SMILES string of the molecule is COc1ccc(-c2c(-c3cc(CCc4cccc(Oc5cc(O)c(-c6ccc(C)c7ncccc67)cc5-c5noc(NC(C)=O)c5-c5ccc(OC)cc5)c4)c(O)cc3O)noc2NC(C)=O)cc1. The van der Waals surface area contributed by atoms with Crippen molar-refractivity contribution in [2.24, 2.45) is 0 Å². The summed E-state index contributed by atoms with van der Waals surface area (Å²) in [6, 6.07) is 35.6. The lowest BCUT2D eigenvalue weighted by molar-refractivity contribution is -0.115. The van der Waals surface area contributed by atoms with Crippen LogP contribution < -0.4 is 24.8 Å². The molecule has 0 spiro atoms. The fourth-order valence-electron chi connectivity index (χ4n) is 8.27. The molecule has 69 heavy (non-hydrogen) atoms. The Bertz CT molecular complexity index is 3400. The molecule has 0 unspecified atom stereocenters. The number of phenols is 3. The van der Waals surface area contributed by atoms with E-state index in [0.717, 1.165) is 27.6 Å². The predicted octanol–water partition coefficient (Wildman–Crippen LogP) is 11.5. The van der Waals surface area contributed by atoms with Crippen molar-refractivity contribution < 1.29 is 48.2 Å². The summed E-state index contributed by atoms with van der Waals surface area (Å²) in [5, 5.41) is 49.1. The molecule has 9 aromatic rings. The maximum atomic E-state index is 12.5. The highest BCUT2D eigenvalue weighted by atomic mass is 16.5. The number of pyridine rings is 1. The minimum atomic E-state index is -0.374. The molecule has 3 aromatic heterocycles. The van der Waals surface area contributed by atoms with Crippen molar-refractivity contribution in [2.45, 2.75) is 33.6 Å². The summed E-state index contributed by atoms with van der Waals surface area (Å²) in [4.78, 5) is 29.2. The fourth-order valence-corrected chi connectivity index (χ4v) is 8.27. The molecular formula is C54H45N5O10. The lowest BCUT2D eigenvalue weighted by atomic mass is 9.93. The third-order valence-corrected chi connectivity index (χ3v) is 11.6. The van der Waals surface area contributed by atoms with Crippen molar-refractivity contribution in [2.75, 3.05) is 24.9 Å². The van der Waals surface area contributed by atoms with Crippen LogP contribution in [0.5, 0.6) is 40.2 Å². The number of nitrogens with one attached hydrogen (secondary N) is 2. The molecule has 15 heteroatoms. The average Bonchev–Trinajstić information content (AvgIpc) is 3.95. The number of benzene rings is 6. The lowest BCUT2D eigenvalue weighted by Crippen LogP contribution is -2.05. The van der Waals surface area contributed by atoms with Crippen molar-refractivity contribution in [3.8, 4) is 96.1 Å². The molecule has 0 aliphatic carbocycles. The smallest absolute Gasteiger partial charge is 0.239 e. The van der Waals surface area contributed by atoms with Gasteiger partial charge >= 0.3 is 0 Å². The molecule has 0 aliphatic heterocycles. The van der Waals surface area contributed by atoms with Crippen LogP contribution >= 0.6 is 0 Å². The summed E-state index contributed by atoms with van der Waals surface area (Å²) in [6.45, 7) is 4.70. The van der Waals surface area contributed by atoms with Crippen molar-refractivity contribution in [3.63, 3.8) is 0 Å². The minimum Gasteiger partial charge on any atom is -0.508 e. The maximum absolute atomic E-state index is 12.5. The Balaban J connectivity index is 1.08. The van der Waals surface area contributed by atoms with E-state index in [0.29, 0.717) is 74.7 Å². The van der Waals surface area contributed by atoms with Gasteiger partial charge in [0.05, 0.1) is 30.9 Å². The molecule has 5 N–H and O–H groups in total. The summed E-state index contributed by atoms with van der Waals surface area (Å²) in [5.41, 5.74) is 7.82. The number of methoxy groups -OCH3 is 2. The fraction of sp³-hybridized carbons (Fsp3) is 0.130. The molecule has 0 fully saturated rings. The van der Waals surface area contributed by atoms with Crippen molar-refractivity contribution in [1.82, 2.24) is 15.3 Å². The molecule has 0 aliphatic rings. The number of nitrogens with zero attached hydrogens (tertiary/aromatic N) is 3. The van der Waals surface area contributed by atoms with E-state index in [9.17, 15) is 24.9 Å². The van der Waals surface area contributed by atoms with Gasteiger partial charge in [0, 0.05) is 54.3 Å². The first-order chi connectivity index (χ1) is 33.4. The van der Waals surface area contributed by atoms with Gasteiger partial charge in [0.15, 0.2) is 0 Å². The number of amides is 2. The Morgan fingerprint density at radius 3 is 1.81 bits per heavy atom. The van der Waals surface area contributed by atoms with Crippen molar-refractivity contribution >= 4 is 34.5 Å². The Kier molecular flexibility index (Phi) is 12.4. The zero-order valence-electron chi connectivity index (χ0n) is 38.1. The number of hydrogen-bond donors (Lipinski definition) is 5. The molecule has 2 amide bonds. The molecule has 0 bridgehead atoms. The van der Waals surface area contributed by atoms with Crippen LogP contribution in [-0.2, 0) is 22.4 Å². The number of aromatic hydroxyl groups is 3. The molecule has 15 nitrogen and oxygen atoms in total. The minimum absolute atomic E-state index is 0.0689. The first-order valence-corrected chi connectivity index (χ1v) is 21.8. The number of hydrogen-bond acceptors (Lipinski definition) is 13. The number of phenolic OH excluding ortho intramolecular Hbond substituents is 3. The predicted molar refractivity (Wildman–Crippen MR) is 261 cm³/mol. The van der Waals surface area contributed by atoms with Gasteiger partial charge in [-0.05, 0) is 108 Å². The van der Waals surface area contributed by atoms with E-state index in [1.165, 1.54) is 26.0 Å². The lowest BCUT2D eigenvalue weighted by Gasteiger charge is -2.17. The zero-order chi connectivity index (χ0) is 48.3. The van der Waals surface area contributed by atoms with E-state index in [1.54, 1.807) is 75.0 Å². The number of aryl methyl sites for hydroxylation is 3. The van der Waals surface area contributed by atoms with Gasteiger partial charge in [-0.2, -0.15) is 0 Å². The first-order valence-electron chi connectivity index (χ1n) is 21.8. The third kappa shape index (κ3) is 9.21. The molecule has 6 aromatic carbocycles. The van der Waals surface area contributed by atoms with Crippen molar-refractivity contribution in [1.29, 1.82) is 0 Å². The second-order valence-corrected chi connectivity index (χ2v) is 16.2. The van der Waals surface area contributed by atoms with Crippen LogP contribution in [0.4, 0.5) is 11.8 Å². The number of ether oxygens (including phenoxy) is 3. The topological polar surface area (TPSA) is 212 Å². The van der Waals surface area contributed by atoms with Crippen LogP contribution in [0.3, 0.4) is 0 Å². The zero-order valence-corrected chi connectivity index (χ0v) is 38.1. The molecule has 0 saturated heterocycles. The van der Waals surface area contributed by atoms with Crippen LogP contribution in [-0.4, -0.2) is 56.7 Å². The van der Waals surface area contributed by atoms with Gasteiger partial charge in [-0.25, -0.2) is 0 Å². The summed E-state index contributed by atoms with van der Waals surface area (Å²) in [6.07, 6.45) is 2.48. The second kappa shape index (κ2) is 19.0. The number of carbonyl (C=O) groups is 2. The normalized spacial score (nSPS) is 11.1. The Hall–Kier alpha value is -9.11. The van der Waals surface area contributed by atoms with E-state index in [2.05, 4.69) is 25.9 Å². The van der Waals surface area contributed by atoms with E-state index >= 15 is 0 Å². The Morgan fingerprint density at radius 1 is 0.594 bits per heavy atom. The summed E-state index contributed by atoms with van der Waals surface area (Å²) < 4.78 is 28.8. The number of rotatable bonds is 14. The highest BCUT2D eigenvalue weighted by molar-refractivity contribution is 6.01. The third-order valence-electron chi connectivity index (χ3n) is 11.6. The van der Waals surface area contributed by atoms with E-state index in [1.807, 2.05) is 61.5 Å². The molecule has 9 rings (SSSR count). The first kappa shape index (κ1) is 45.1.